The molecule has 1 aliphatic rings. The number of likely N-dealkylation sites (tertiary alicyclic amines) is 1. The number of hydrogen-bond acceptors (Lipinski definition) is 4. The van der Waals surface area contributed by atoms with Gasteiger partial charge in [0.15, 0.2) is 17.3 Å². The summed E-state index contributed by atoms with van der Waals surface area (Å²) < 4.78 is 10.6. The molecule has 0 saturated carbocycles. The molecule has 5 heteroatoms. The summed E-state index contributed by atoms with van der Waals surface area (Å²) in [5.74, 6) is 1.28. The Hall–Kier alpha value is -2.82. The van der Waals surface area contributed by atoms with Gasteiger partial charge < -0.3 is 14.4 Å². The van der Waals surface area contributed by atoms with E-state index in [-0.39, 0.29) is 24.0 Å². The second kappa shape index (κ2) is 8.91. The number of ketones is 1. The minimum Gasteiger partial charge on any atom is -0.493 e. The fourth-order valence-corrected chi connectivity index (χ4v) is 3.65. The Balaban J connectivity index is 1.66. The minimum absolute atomic E-state index is 0.0358. The highest BCUT2D eigenvalue weighted by Gasteiger charge is 2.29. The van der Waals surface area contributed by atoms with Gasteiger partial charge in [0, 0.05) is 24.6 Å². The summed E-state index contributed by atoms with van der Waals surface area (Å²) >= 11 is 0. The van der Waals surface area contributed by atoms with E-state index in [1.54, 1.807) is 20.3 Å². The Labute approximate surface area is 166 Å². The molecule has 1 atom stereocenters. The first-order valence-corrected chi connectivity index (χ1v) is 9.61. The Kier molecular flexibility index (Phi) is 6.34. The Morgan fingerprint density at radius 3 is 2.43 bits per heavy atom. The van der Waals surface area contributed by atoms with Gasteiger partial charge in [0.25, 0.3) is 0 Å². The SMILES string of the molecule is COc1ccc(CC(=O)N2CCCC(C(=O)c3ccc(C)cc3)C2)cc1OC. The molecule has 3 rings (SSSR count). The van der Waals surface area contributed by atoms with Gasteiger partial charge in [0.2, 0.25) is 5.91 Å². The highest BCUT2D eigenvalue weighted by molar-refractivity contribution is 5.98. The van der Waals surface area contributed by atoms with Gasteiger partial charge in [0.05, 0.1) is 20.6 Å². The number of nitrogens with zero attached hydrogens (tertiary/aromatic N) is 1. The van der Waals surface area contributed by atoms with Crippen molar-refractivity contribution < 1.29 is 19.1 Å². The zero-order valence-electron chi connectivity index (χ0n) is 16.7. The van der Waals surface area contributed by atoms with Crippen molar-refractivity contribution in [2.75, 3.05) is 27.3 Å². The van der Waals surface area contributed by atoms with Crippen molar-refractivity contribution in [3.05, 3.63) is 59.2 Å². The van der Waals surface area contributed by atoms with Crippen LogP contribution in [0.25, 0.3) is 0 Å². The van der Waals surface area contributed by atoms with Gasteiger partial charge in [0.1, 0.15) is 0 Å². The van der Waals surface area contributed by atoms with Crippen molar-refractivity contribution in [3.8, 4) is 11.5 Å². The summed E-state index contributed by atoms with van der Waals surface area (Å²) in [6.45, 7) is 3.19. The van der Waals surface area contributed by atoms with Gasteiger partial charge in [-0.25, -0.2) is 0 Å². The summed E-state index contributed by atoms with van der Waals surface area (Å²) in [4.78, 5) is 27.5. The third-order valence-electron chi connectivity index (χ3n) is 5.28. The van der Waals surface area contributed by atoms with Gasteiger partial charge in [-0.15, -0.1) is 0 Å². The van der Waals surface area contributed by atoms with Crippen LogP contribution in [0.4, 0.5) is 0 Å². The first-order valence-electron chi connectivity index (χ1n) is 9.61. The maximum absolute atomic E-state index is 12.8. The molecule has 0 bridgehead atoms. The van der Waals surface area contributed by atoms with E-state index in [0.29, 0.717) is 24.6 Å². The molecule has 2 aromatic carbocycles. The highest BCUT2D eigenvalue weighted by Crippen LogP contribution is 2.28. The number of carbonyl (C=O) groups is 2. The molecule has 28 heavy (non-hydrogen) atoms. The monoisotopic (exact) mass is 381 g/mol. The molecule has 2 aromatic rings. The Morgan fingerprint density at radius 1 is 1.04 bits per heavy atom. The van der Waals surface area contributed by atoms with Crippen LogP contribution >= 0.6 is 0 Å². The normalized spacial score (nSPS) is 16.5. The van der Waals surface area contributed by atoms with Gasteiger partial charge in [-0.3, -0.25) is 9.59 Å². The fourth-order valence-electron chi connectivity index (χ4n) is 3.65. The minimum atomic E-state index is -0.134. The quantitative estimate of drug-likeness (QED) is 0.717. The lowest BCUT2D eigenvalue weighted by atomic mass is 9.89. The topological polar surface area (TPSA) is 55.8 Å². The zero-order valence-corrected chi connectivity index (χ0v) is 16.7. The average molecular weight is 381 g/mol. The molecule has 148 valence electrons. The van der Waals surface area contributed by atoms with Gasteiger partial charge in [-0.1, -0.05) is 35.9 Å². The largest absolute Gasteiger partial charge is 0.493 e. The van der Waals surface area contributed by atoms with Crippen molar-refractivity contribution in [2.45, 2.75) is 26.2 Å². The smallest absolute Gasteiger partial charge is 0.227 e. The number of amides is 1. The van der Waals surface area contributed by atoms with E-state index in [2.05, 4.69) is 0 Å². The van der Waals surface area contributed by atoms with Gasteiger partial charge >= 0.3 is 0 Å². The van der Waals surface area contributed by atoms with Crippen LogP contribution in [0.1, 0.15) is 34.3 Å². The third-order valence-corrected chi connectivity index (χ3v) is 5.28. The predicted octanol–water partition coefficient (Wildman–Crippen LogP) is 3.68. The molecule has 1 unspecified atom stereocenters. The van der Waals surface area contributed by atoms with E-state index in [1.165, 1.54) is 0 Å². The molecule has 0 radical (unpaired) electrons. The van der Waals surface area contributed by atoms with E-state index < -0.39 is 0 Å². The lowest BCUT2D eigenvalue weighted by Crippen LogP contribution is -2.43. The zero-order chi connectivity index (χ0) is 20.1. The lowest BCUT2D eigenvalue weighted by molar-refractivity contribution is -0.131. The van der Waals surface area contributed by atoms with Crippen LogP contribution in [0.15, 0.2) is 42.5 Å². The third kappa shape index (κ3) is 4.53. The molecule has 5 nitrogen and oxygen atoms in total. The predicted molar refractivity (Wildman–Crippen MR) is 108 cm³/mol. The second-order valence-electron chi connectivity index (χ2n) is 7.28. The molecule has 1 saturated heterocycles. The summed E-state index contributed by atoms with van der Waals surface area (Å²) in [6, 6.07) is 13.2. The van der Waals surface area contributed by atoms with Crippen LogP contribution in [0.5, 0.6) is 11.5 Å². The Morgan fingerprint density at radius 2 is 1.75 bits per heavy atom. The molecule has 0 N–H and O–H groups in total. The van der Waals surface area contributed by atoms with Crippen LogP contribution in [0.2, 0.25) is 0 Å². The number of Topliss-reactive ketones (excluding diaryl/α,β-unsaturated/α-hetero) is 1. The standard InChI is InChI=1S/C23H27NO4/c1-16-6-9-18(10-7-16)23(26)19-5-4-12-24(15-19)22(25)14-17-8-11-20(27-2)21(13-17)28-3/h6-11,13,19H,4-5,12,14-15H2,1-3H3. The van der Waals surface area contributed by atoms with Crippen molar-refractivity contribution >= 4 is 11.7 Å². The number of carbonyl (C=O) groups excluding carboxylic acids is 2. The summed E-state index contributed by atoms with van der Waals surface area (Å²) in [7, 11) is 3.16. The molecule has 1 amide bonds. The maximum atomic E-state index is 12.8. The average Bonchev–Trinajstić information content (AvgIpc) is 2.73. The van der Waals surface area contributed by atoms with Crippen LogP contribution < -0.4 is 9.47 Å². The molecule has 0 spiro atoms. The van der Waals surface area contributed by atoms with E-state index in [4.69, 9.17) is 9.47 Å². The number of aryl methyl sites for hydroxylation is 1. The molecule has 0 aromatic heterocycles. The number of ether oxygens (including phenoxy) is 2. The van der Waals surface area contributed by atoms with E-state index in [1.807, 2.05) is 48.2 Å². The molecule has 0 aliphatic carbocycles. The van der Waals surface area contributed by atoms with Crippen molar-refractivity contribution in [3.63, 3.8) is 0 Å². The summed E-state index contributed by atoms with van der Waals surface area (Å²) in [6.07, 6.45) is 1.96. The van der Waals surface area contributed by atoms with Gasteiger partial charge in [-0.05, 0) is 37.5 Å². The number of hydrogen-bond donors (Lipinski definition) is 0. The first-order chi connectivity index (χ1) is 13.5. The molecule has 1 fully saturated rings. The van der Waals surface area contributed by atoms with Crippen molar-refractivity contribution in [1.82, 2.24) is 4.90 Å². The molecule has 1 heterocycles. The van der Waals surface area contributed by atoms with E-state index in [9.17, 15) is 9.59 Å². The highest BCUT2D eigenvalue weighted by atomic mass is 16.5. The van der Waals surface area contributed by atoms with Crippen LogP contribution in [0.3, 0.4) is 0 Å². The second-order valence-corrected chi connectivity index (χ2v) is 7.28. The molecule has 1 aliphatic heterocycles. The molecular weight excluding hydrogens is 354 g/mol. The Bertz CT molecular complexity index is 844. The summed E-state index contributed by atoms with van der Waals surface area (Å²) in [5.41, 5.74) is 2.73. The van der Waals surface area contributed by atoms with Crippen molar-refractivity contribution in [2.24, 2.45) is 5.92 Å². The van der Waals surface area contributed by atoms with Gasteiger partial charge in [-0.2, -0.15) is 0 Å². The van der Waals surface area contributed by atoms with Crippen LogP contribution in [-0.4, -0.2) is 43.9 Å². The summed E-state index contributed by atoms with van der Waals surface area (Å²) in [5, 5.41) is 0. The number of rotatable bonds is 6. The molecular formula is C23H27NO4. The number of methoxy groups -OCH3 is 2. The first kappa shape index (κ1) is 19.9. The number of piperidine rings is 1. The van der Waals surface area contributed by atoms with Crippen LogP contribution in [0, 0.1) is 12.8 Å². The number of benzene rings is 2. The fraction of sp³-hybridized carbons (Fsp3) is 0.391. The van der Waals surface area contributed by atoms with E-state index >= 15 is 0 Å². The maximum Gasteiger partial charge on any atom is 0.227 e. The van der Waals surface area contributed by atoms with Crippen LogP contribution in [-0.2, 0) is 11.2 Å². The lowest BCUT2D eigenvalue weighted by Gasteiger charge is -2.32. The van der Waals surface area contributed by atoms with E-state index in [0.717, 1.165) is 29.5 Å². The van der Waals surface area contributed by atoms with Crippen molar-refractivity contribution in [1.29, 1.82) is 0 Å².